The topological polar surface area (TPSA) is 58.6 Å². The molecule has 0 bridgehead atoms. The molecule has 0 saturated carbocycles. The monoisotopic (exact) mass is 255 g/mol. The average molecular weight is 256 g/mol. The minimum atomic E-state index is -0.290. The molecule has 2 rings (SSSR count). The maximum absolute atomic E-state index is 11.8. The van der Waals surface area contributed by atoms with Crippen LogP contribution in [0.2, 0.25) is 5.02 Å². The van der Waals surface area contributed by atoms with Gasteiger partial charge in [0.05, 0.1) is 16.7 Å². The molecule has 1 atom stereocenters. The predicted octanol–water partition coefficient (Wildman–Crippen LogP) is 1.95. The van der Waals surface area contributed by atoms with E-state index in [-0.39, 0.29) is 23.3 Å². The first kappa shape index (κ1) is 12.2. The molecule has 1 aromatic carbocycles. The zero-order chi connectivity index (χ0) is 12.3. The lowest BCUT2D eigenvalue weighted by molar-refractivity contribution is 0.0857. The van der Waals surface area contributed by atoms with Gasteiger partial charge in [0.25, 0.3) is 5.91 Å². The highest BCUT2D eigenvalue weighted by atomic mass is 35.5. The summed E-state index contributed by atoms with van der Waals surface area (Å²) in [4.78, 5) is 11.8. The highest BCUT2D eigenvalue weighted by molar-refractivity contribution is 6.33. The zero-order valence-corrected chi connectivity index (χ0v) is 10.0. The number of carbonyl (C=O) groups excluding carboxylic acids is 1. The van der Waals surface area contributed by atoms with Crippen LogP contribution in [0.3, 0.4) is 0 Å². The molecule has 1 aliphatic heterocycles. The zero-order valence-electron chi connectivity index (χ0n) is 9.28. The SMILES string of the molecule is O=C(NCC1CCCO1)c1cc(O)ccc1Cl. The molecule has 0 spiro atoms. The van der Waals surface area contributed by atoms with Gasteiger partial charge in [0.1, 0.15) is 5.75 Å². The van der Waals surface area contributed by atoms with Crippen LogP contribution in [0.4, 0.5) is 0 Å². The fourth-order valence-electron chi connectivity index (χ4n) is 1.79. The van der Waals surface area contributed by atoms with Gasteiger partial charge in [0.15, 0.2) is 0 Å². The lowest BCUT2D eigenvalue weighted by atomic mass is 10.2. The number of amides is 1. The van der Waals surface area contributed by atoms with Crippen molar-refractivity contribution in [2.45, 2.75) is 18.9 Å². The normalized spacial score (nSPS) is 19.2. The summed E-state index contributed by atoms with van der Waals surface area (Å²) in [6.07, 6.45) is 2.09. The van der Waals surface area contributed by atoms with Gasteiger partial charge < -0.3 is 15.2 Å². The maximum Gasteiger partial charge on any atom is 0.253 e. The van der Waals surface area contributed by atoms with Gasteiger partial charge >= 0.3 is 0 Å². The van der Waals surface area contributed by atoms with E-state index in [0.29, 0.717) is 11.6 Å². The summed E-state index contributed by atoms with van der Waals surface area (Å²) in [5.41, 5.74) is 0.282. The van der Waals surface area contributed by atoms with Gasteiger partial charge in [-0.25, -0.2) is 0 Å². The van der Waals surface area contributed by atoms with E-state index in [1.807, 2.05) is 0 Å². The highest BCUT2D eigenvalue weighted by Crippen LogP contribution is 2.21. The molecule has 2 N–H and O–H groups in total. The van der Waals surface area contributed by atoms with Gasteiger partial charge in [0, 0.05) is 13.2 Å². The van der Waals surface area contributed by atoms with E-state index in [4.69, 9.17) is 16.3 Å². The lowest BCUT2D eigenvalue weighted by Crippen LogP contribution is -2.31. The summed E-state index contributed by atoms with van der Waals surface area (Å²) in [6.45, 7) is 1.23. The van der Waals surface area contributed by atoms with E-state index in [9.17, 15) is 9.90 Å². The van der Waals surface area contributed by atoms with Gasteiger partial charge in [-0.05, 0) is 31.0 Å². The van der Waals surface area contributed by atoms with Crippen LogP contribution in [0.1, 0.15) is 23.2 Å². The molecule has 0 aromatic heterocycles. The van der Waals surface area contributed by atoms with Crippen LogP contribution < -0.4 is 5.32 Å². The molecule has 1 fully saturated rings. The molecule has 1 unspecified atom stereocenters. The number of carbonyl (C=O) groups is 1. The van der Waals surface area contributed by atoms with Gasteiger partial charge in [-0.15, -0.1) is 0 Å². The van der Waals surface area contributed by atoms with Crippen molar-refractivity contribution < 1.29 is 14.6 Å². The quantitative estimate of drug-likeness (QED) is 0.868. The lowest BCUT2D eigenvalue weighted by Gasteiger charge is -2.11. The molecule has 0 radical (unpaired) electrons. The highest BCUT2D eigenvalue weighted by Gasteiger charge is 2.17. The van der Waals surface area contributed by atoms with Crippen molar-refractivity contribution in [1.82, 2.24) is 5.32 Å². The minimum Gasteiger partial charge on any atom is -0.508 e. The second-order valence-corrected chi connectivity index (χ2v) is 4.42. The smallest absolute Gasteiger partial charge is 0.253 e. The molecule has 92 valence electrons. The van der Waals surface area contributed by atoms with Crippen LogP contribution in [0.15, 0.2) is 18.2 Å². The molecule has 0 aliphatic carbocycles. The number of hydrogen-bond donors (Lipinski definition) is 2. The number of phenolic OH excluding ortho intramolecular Hbond substituents is 1. The first-order valence-electron chi connectivity index (χ1n) is 5.55. The summed E-state index contributed by atoms with van der Waals surface area (Å²) >= 11 is 5.88. The third-order valence-corrected chi connectivity index (χ3v) is 3.04. The number of hydrogen-bond acceptors (Lipinski definition) is 3. The number of phenols is 1. The van der Waals surface area contributed by atoms with Gasteiger partial charge in [0.2, 0.25) is 0 Å². The Hall–Kier alpha value is -1.26. The van der Waals surface area contributed by atoms with E-state index >= 15 is 0 Å². The molecule has 1 heterocycles. The standard InChI is InChI=1S/C12H14ClNO3/c13-11-4-3-8(15)6-10(11)12(16)14-7-9-2-1-5-17-9/h3-4,6,9,15H,1-2,5,7H2,(H,14,16). The fraction of sp³-hybridized carbons (Fsp3) is 0.417. The molecule has 1 amide bonds. The van der Waals surface area contributed by atoms with Crippen molar-refractivity contribution in [1.29, 1.82) is 0 Å². The van der Waals surface area contributed by atoms with Crippen LogP contribution in [0.25, 0.3) is 0 Å². The number of halogens is 1. The van der Waals surface area contributed by atoms with Crippen LogP contribution >= 0.6 is 11.6 Å². The summed E-state index contributed by atoms with van der Waals surface area (Å²) < 4.78 is 5.40. The second kappa shape index (κ2) is 5.38. The van der Waals surface area contributed by atoms with Gasteiger partial charge in [-0.1, -0.05) is 11.6 Å². The van der Waals surface area contributed by atoms with Crippen molar-refractivity contribution in [2.75, 3.05) is 13.2 Å². The van der Waals surface area contributed by atoms with E-state index in [1.165, 1.54) is 18.2 Å². The summed E-state index contributed by atoms with van der Waals surface area (Å²) in [5, 5.41) is 12.4. The Morgan fingerprint density at radius 1 is 1.59 bits per heavy atom. The van der Waals surface area contributed by atoms with E-state index in [2.05, 4.69) is 5.32 Å². The van der Waals surface area contributed by atoms with E-state index < -0.39 is 0 Å². The molecular formula is C12H14ClNO3. The molecule has 1 aliphatic rings. The number of rotatable bonds is 3. The van der Waals surface area contributed by atoms with Crippen molar-refractivity contribution >= 4 is 17.5 Å². The number of benzene rings is 1. The molecule has 1 aromatic rings. The van der Waals surface area contributed by atoms with Crippen LogP contribution in [0, 0.1) is 0 Å². The third-order valence-electron chi connectivity index (χ3n) is 2.71. The Kier molecular flexibility index (Phi) is 3.86. The first-order chi connectivity index (χ1) is 8.16. The van der Waals surface area contributed by atoms with E-state index in [0.717, 1.165) is 19.4 Å². The molecule has 5 heteroatoms. The van der Waals surface area contributed by atoms with Crippen LogP contribution in [-0.2, 0) is 4.74 Å². The average Bonchev–Trinajstić information content (AvgIpc) is 2.82. The van der Waals surface area contributed by atoms with Crippen molar-refractivity contribution in [3.05, 3.63) is 28.8 Å². The Balaban J connectivity index is 1.96. The Bertz CT molecular complexity index is 416. The van der Waals surface area contributed by atoms with Crippen LogP contribution in [0.5, 0.6) is 5.75 Å². The molecule has 17 heavy (non-hydrogen) atoms. The van der Waals surface area contributed by atoms with E-state index in [1.54, 1.807) is 0 Å². The van der Waals surface area contributed by atoms with Gasteiger partial charge in [-0.2, -0.15) is 0 Å². The molecular weight excluding hydrogens is 242 g/mol. The summed E-state index contributed by atoms with van der Waals surface area (Å²) in [7, 11) is 0. The number of ether oxygens (including phenoxy) is 1. The van der Waals surface area contributed by atoms with Crippen molar-refractivity contribution in [2.24, 2.45) is 0 Å². The molecule has 1 saturated heterocycles. The van der Waals surface area contributed by atoms with Crippen LogP contribution in [-0.4, -0.2) is 30.3 Å². The molecule has 4 nitrogen and oxygen atoms in total. The number of aromatic hydroxyl groups is 1. The fourth-order valence-corrected chi connectivity index (χ4v) is 2.00. The number of nitrogens with one attached hydrogen (secondary N) is 1. The summed E-state index contributed by atoms with van der Waals surface area (Å²) in [5.74, 6) is -0.266. The third kappa shape index (κ3) is 3.11. The van der Waals surface area contributed by atoms with Crippen molar-refractivity contribution in [3.63, 3.8) is 0 Å². The second-order valence-electron chi connectivity index (χ2n) is 4.01. The minimum absolute atomic E-state index is 0.0247. The maximum atomic E-state index is 11.8. The Morgan fingerprint density at radius 2 is 2.41 bits per heavy atom. The van der Waals surface area contributed by atoms with Gasteiger partial charge in [-0.3, -0.25) is 4.79 Å². The summed E-state index contributed by atoms with van der Waals surface area (Å²) in [6, 6.07) is 4.30. The largest absolute Gasteiger partial charge is 0.508 e. The Labute approximate surface area is 105 Å². The first-order valence-corrected chi connectivity index (χ1v) is 5.93. The Morgan fingerprint density at radius 3 is 3.12 bits per heavy atom. The van der Waals surface area contributed by atoms with Crippen molar-refractivity contribution in [3.8, 4) is 5.75 Å². The predicted molar refractivity (Wildman–Crippen MR) is 64.4 cm³/mol.